The molecule has 0 aromatic carbocycles. The summed E-state index contributed by atoms with van der Waals surface area (Å²) in [4.78, 5) is 2.57. The zero-order valence-corrected chi connectivity index (χ0v) is 11.3. The van der Waals surface area contributed by atoms with Gasteiger partial charge < -0.3 is 16.0 Å². The van der Waals surface area contributed by atoms with Crippen LogP contribution in [-0.4, -0.2) is 43.2 Å². The smallest absolute Gasteiger partial charge is 0.0200 e. The van der Waals surface area contributed by atoms with Crippen LogP contribution in [-0.2, 0) is 0 Å². The largest absolute Gasteiger partial charge is 0.329 e. The van der Waals surface area contributed by atoms with Crippen LogP contribution in [0.3, 0.4) is 0 Å². The Morgan fingerprint density at radius 1 is 1.24 bits per heavy atom. The zero-order valence-electron chi connectivity index (χ0n) is 11.3. The molecule has 2 aliphatic rings. The van der Waals surface area contributed by atoms with E-state index in [1.807, 2.05) is 0 Å². The van der Waals surface area contributed by atoms with Crippen LogP contribution in [0.4, 0.5) is 0 Å². The van der Waals surface area contributed by atoms with Gasteiger partial charge in [0.2, 0.25) is 0 Å². The summed E-state index contributed by atoms with van der Waals surface area (Å²) in [5.74, 6) is 0.895. The van der Waals surface area contributed by atoms with Gasteiger partial charge in [0, 0.05) is 38.3 Å². The summed E-state index contributed by atoms with van der Waals surface area (Å²) in [5.41, 5.74) is 5.70. The topological polar surface area (TPSA) is 41.3 Å². The second-order valence-corrected chi connectivity index (χ2v) is 5.93. The van der Waals surface area contributed by atoms with Crippen LogP contribution in [0.1, 0.15) is 45.4 Å². The van der Waals surface area contributed by atoms with Gasteiger partial charge in [-0.15, -0.1) is 0 Å². The van der Waals surface area contributed by atoms with E-state index >= 15 is 0 Å². The molecule has 1 aliphatic carbocycles. The molecule has 0 spiro atoms. The van der Waals surface area contributed by atoms with Crippen LogP contribution < -0.4 is 11.1 Å². The van der Waals surface area contributed by atoms with Gasteiger partial charge in [0.25, 0.3) is 0 Å². The van der Waals surface area contributed by atoms with Crippen molar-refractivity contribution in [3.63, 3.8) is 0 Å². The molecule has 0 aromatic rings. The fourth-order valence-electron chi connectivity index (χ4n) is 3.07. The van der Waals surface area contributed by atoms with Gasteiger partial charge in [-0.1, -0.05) is 19.8 Å². The molecule has 1 saturated heterocycles. The van der Waals surface area contributed by atoms with Gasteiger partial charge in [-0.25, -0.2) is 0 Å². The Labute approximate surface area is 106 Å². The van der Waals surface area contributed by atoms with E-state index < -0.39 is 0 Å². The molecular formula is C14H29N3. The van der Waals surface area contributed by atoms with Crippen LogP contribution in [0.5, 0.6) is 0 Å². The van der Waals surface area contributed by atoms with Gasteiger partial charge in [0.1, 0.15) is 0 Å². The first-order valence-electron chi connectivity index (χ1n) is 7.50. The fraction of sp³-hybridized carbons (Fsp3) is 1.00. The van der Waals surface area contributed by atoms with E-state index in [1.165, 1.54) is 51.6 Å². The van der Waals surface area contributed by atoms with Crippen LogP contribution in [0.25, 0.3) is 0 Å². The molecule has 0 aromatic heterocycles. The lowest BCUT2D eigenvalue weighted by Gasteiger charge is -2.38. The van der Waals surface area contributed by atoms with Crippen LogP contribution in [0.2, 0.25) is 0 Å². The summed E-state index contributed by atoms with van der Waals surface area (Å²) in [7, 11) is 0. The molecule has 2 fully saturated rings. The van der Waals surface area contributed by atoms with Crippen molar-refractivity contribution < 1.29 is 0 Å². The molecule has 3 nitrogen and oxygen atoms in total. The van der Waals surface area contributed by atoms with Gasteiger partial charge in [-0.2, -0.15) is 0 Å². The number of likely N-dealkylation sites (tertiary alicyclic amines) is 1. The Kier molecular flexibility index (Phi) is 5.26. The van der Waals surface area contributed by atoms with E-state index in [0.29, 0.717) is 0 Å². The highest BCUT2D eigenvalue weighted by Crippen LogP contribution is 2.26. The van der Waals surface area contributed by atoms with Crippen LogP contribution >= 0.6 is 0 Å². The number of unbranched alkanes of at least 4 members (excludes halogenated alkanes) is 1. The minimum absolute atomic E-state index is 0.727. The average molecular weight is 239 g/mol. The quantitative estimate of drug-likeness (QED) is 0.709. The highest BCUT2D eigenvalue weighted by Gasteiger charge is 2.30. The van der Waals surface area contributed by atoms with Crippen molar-refractivity contribution in [2.45, 2.75) is 57.5 Å². The van der Waals surface area contributed by atoms with Crippen LogP contribution in [0.15, 0.2) is 0 Å². The van der Waals surface area contributed by atoms with Crippen molar-refractivity contribution in [2.24, 2.45) is 11.7 Å². The molecule has 2 rings (SSSR count). The highest BCUT2D eigenvalue weighted by molar-refractivity contribution is 4.90. The van der Waals surface area contributed by atoms with E-state index in [2.05, 4.69) is 17.1 Å². The zero-order chi connectivity index (χ0) is 12.1. The molecule has 1 heterocycles. The maximum Gasteiger partial charge on any atom is 0.0200 e. The Morgan fingerprint density at radius 3 is 2.71 bits per heavy atom. The molecule has 1 aliphatic heterocycles. The molecule has 3 heteroatoms. The predicted molar refractivity (Wildman–Crippen MR) is 73.1 cm³/mol. The second-order valence-electron chi connectivity index (χ2n) is 5.93. The summed E-state index contributed by atoms with van der Waals surface area (Å²) in [6.45, 7) is 6.67. The van der Waals surface area contributed by atoms with Crippen molar-refractivity contribution >= 4 is 0 Å². The molecule has 0 amide bonds. The molecule has 1 saturated carbocycles. The number of hydrogen-bond acceptors (Lipinski definition) is 3. The molecule has 0 bridgehead atoms. The maximum absolute atomic E-state index is 5.70. The van der Waals surface area contributed by atoms with E-state index in [0.717, 1.165) is 31.1 Å². The first-order chi connectivity index (χ1) is 8.31. The normalized spacial score (nSPS) is 30.7. The first-order valence-corrected chi connectivity index (χ1v) is 7.50. The van der Waals surface area contributed by atoms with Crippen molar-refractivity contribution in [3.8, 4) is 0 Å². The fourth-order valence-corrected chi connectivity index (χ4v) is 3.07. The molecule has 2 unspecified atom stereocenters. The molecule has 100 valence electrons. The molecule has 0 radical (unpaired) electrons. The van der Waals surface area contributed by atoms with Crippen molar-refractivity contribution in [3.05, 3.63) is 0 Å². The lowest BCUT2D eigenvalue weighted by molar-refractivity contribution is 0.137. The third-order valence-corrected chi connectivity index (χ3v) is 4.07. The van der Waals surface area contributed by atoms with Crippen LogP contribution in [0, 0.1) is 5.92 Å². The highest BCUT2D eigenvalue weighted by atomic mass is 15.2. The second kappa shape index (κ2) is 6.72. The minimum atomic E-state index is 0.727. The summed E-state index contributed by atoms with van der Waals surface area (Å²) in [5, 5.41) is 3.81. The monoisotopic (exact) mass is 239 g/mol. The summed E-state index contributed by atoms with van der Waals surface area (Å²) < 4.78 is 0. The number of nitrogens with zero attached hydrogens (tertiary/aromatic N) is 1. The Balaban J connectivity index is 1.79. The first kappa shape index (κ1) is 13.3. The van der Waals surface area contributed by atoms with Crippen molar-refractivity contribution in [1.82, 2.24) is 10.2 Å². The summed E-state index contributed by atoms with van der Waals surface area (Å²) >= 11 is 0. The van der Waals surface area contributed by atoms with E-state index in [9.17, 15) is 0 Å². The molecule has 17 heavy (non-hydrogen) atoms. The van der Waals surface area contributed by atoms with E-state index in [1.54, 1.807) is 0 Å². The van der Waals surface area contributed by atoms with Gasteiger partial charge in [-0.3, -0.25) is 0 Å². The van der Waals surface area contributed by atoms with Gasteiger partial charge in [0.15, 0.2) is 0 Å². The summed E-state index contributed by atoms with van der Waals surface area (Å²) in [6.07, 6.45) is 8.30. The van der Waals surface area contributed by atoms with Crippen molar-refractivity contribution in [2.75, 3.05) is 26.2 Å². The number of hydrogen-bond donors (Lipinski definition) is 2. The Hall–Kier alpha value is -0.120. The Bertz CT molecular complexity index is 216. The lowest BCUT2D eigenvalue weighted by atomic mass is 9.90. The number of rotatable bonds is 7. The standard InChI is InChI=1S/C14H29N3/c1-2-3-4-12-9-14(16-13-5-6-13)11-17(10-12)8-7-15/h12-14,16H,2-11,15H2,1H3. The van der Waals surface area contributed by atoms with Gasteiger partial charge in [0.05, 0.1) is 0 Å². The molecule has 3 N–H and O–H groups in total. The minimum Gasteiger partial charge on any atom is -0.329 e. The molecular weight excluding hydrogens is 210 g/mol. The SMILES string of the molecule is CCCCC1CC(NC2CC2)CN(CCN)C1. The lowest BCUT2D eigenvalue weighted by Crippen LogP contribution is -2.50. The van der Waals surface area contributed by atoms with Gasteiger partial charge >= 0.3 is 0 Å². The summed E-state index contributed by atoms with van der Waals surface area (Å²) in [6, 6.07) is 1.56. The molecule has 2 atom stereocenters. The third kappa shape index (κ3) is 4.57. The Morgan fingerprint density at radius 2 is 2.06 bits per heavy atom. The van der Waals surface area contributed by atoms with E-state index in [4.69, 9.17) is 5.73 Å². The number of nitrogens with two attached hydrogens (primary N) is 1. The van der Waals surface area contributed by atoms with Gasteiger partial charge in [-0.05, 0) is 31.6 Å². The van der Waals surface area contributed by atoms with Crippen molar-refractivity contribution in [1.29, 1.82) is 0 Å². The average Bonchev–Trinajstić information content (AvgIpc) is 3.10. The predicted octanol–water partition coefficient (Wildman–Crippen LogP) is 1.58. The number of nitrogens with one attached hydrogen (secondary N) is 1. The third-order valence-electron chi connectivity index (χ3n) is 4.07. The maximum atomic E-state index is 5.70. The van der Waals surface area contributed by atoms with E-state index in [-0.39, 0.29) is 0 Å². The number of piperidine rings is 1.